The summed E-state index contributed by atoms with van der Waals surface area (Å²) in [4.78, 5) is 12.3. The van der Waals surface area contributed by atoms with Crippen LogP contribution < -0.4 is 10.6 Å². The topological polar surface area (TPSA) is 50.4 Å². The Hall–Kier alpha value is -1.26. The van der Waals surface area contributed by atoms with Crippen molar-refractivity contribution in [2.45, 2.75) is 25.3 Å². The molecule has 1 aliphatic heterocycles. The summed E-state index contributed by atoms with van der Waals surface area (Å²) in [6.45, 7) is 3.78. The number of esters is 1. The number of ether oxygens (including phenoxy) is 1. The molecule has 1 aliphatic rings. The van der Waals surface area contributed by atoms with E-state index in [1.165, 1.54) is 0 Å². The summed E-state index contributed by atoms with van der Waals surface area (Å²) < 4.78 is 5.22. The van der Waals surface area contributed by atoms with E-state index in [4.69, 9.17) is 16.3 Å². The average Bonchev–Trinajstić information content (AvgIpc) is 2.43. The second-order valence-corrected chi connectivity index (χ2v) is 5.06. The molecule has 104 valence electrons. The van der Waals surface area contributed by atoms with Gasteiger partial charge in [0.1, 0.15) is 5.54 Å². The van der Waals surface area contributed by atoms with E-state index in [2.05, 4.69) is 10.6 Å². The highest BCUT2D eigenvalue weighted by Crippen LogP contribution is 2.30. The summed E-state index contributed by atoms with van der Waals surface area (Å²) in [5.74, 6) is -0.198. The minimum absolute atomic E-state index is 0.198. The molecule has 2 rings (SSSR count). The van der Waals surface area contributed by atoms with Gasteiger partial charge in [-0.25, -0.2) is 4.79 Å². The van der Waals surface area contributed by atoms with Crippen LogP contribution in [0.3, 0.4) is 0 Å². The summed E-state index contributed by atoms with van der Waals surface area (Å²) in [5.41, 5.74) is 0.103. The molecule has 1 saturated heterocycles. The number of rotatable bonds is 4. The van der Waals surface area contributed by atoms with E-state index in [0.717, 1.165) is 18.8 Å². The number of benzene rings is 1. The number of piperidine rings is 1. The van der Waals surface area contributed by atoms with Crippen LogP contribution in [-0.4, -0.2) is 31.2 Å². The Morgan fingerprint density at radius 1 is 1.42 bits per heavy atom. The molecule has 0 aliphatic carbocycles. The smallest absolute Gasteiger partial charge is 0.331 e. The lowest BCUT2D eigenvalue weighted by Crippen LogP contribution is -2.54. The molecule has 2 N–H and O–H groups in total. The van der Waals surface area contributed by atoms with E-state index in [9.17, 15) is 4.79 Å². The van der Waals surface area contributed by atoms with Crippen LogP contribution in [0.2, 0.25) is 5.02 Å². The van der Waals surface area contributed by atoms with Crippen LogP contribution in [0, 0.1) is 0 Å². The van der Waals surface area contributed by atoms with Gasteiger partial charge < -0.3 is 15.4 Å². The number of para-hydroxylation sites is 1. The molecule has 0 unspecified atom stereocenters. The summed E-state index contributed by atoms with van der Waals surface area (Å²) >= 11 is 6.16. The van der Waals surface area contributed by atoms with Gasteiger partial charge in [-0.2, -0.15) is 0 Å². The number of hydrogen-bond acceptors (Lipinski definition) is 4. The van der Waals surface area contributed by atoms with E-state index in [-0.39, 0.29) is 5.97 Å². The number of carbonyl (C=O) groups is 1. The molecule has 0 aromatic heterocycles. The third-order valence-electron chi connectivity index (χ3n) is 3.37. The molecule has 0 saturated carbocycles. The van der Waals surface area contributed by atoms with Gasteiger partial charge in [-0.3, -0.25) is 0 Å². The normalized spacial score (nSPS) is 17.8. The minimum atomic E-state index is -0.674. The molecule has 4 nitrogen and oxygen atoms in total. The predicted octanol–water partition coefficient (Wildman–Crippen LogP) is 2.44. The van der Waals surface area contributed by atoms with Crippen molar-refractivity contribution in [1.82, 2.24) is 5.32 Å². The van der Waals surface area contributed by atoms with Crippen LogP contribution in [0.15, 0.2) is 24.3 Å². The molecule has 0 amide bonds. The first-order valence-electron chi connectivity index (χ1n) is 6.58. The summed E-state index contributed by atoms with van der Waals surface area (Å²) in [6, 6.07) is 7.45. The second-order valence-electron chi connectivity index (χ2n) is 4.66. The van der Waals surface area contributed by atoms with Crippen molar-refractivity contribution < 1.29 is 9.53 Å². The molecule has 1 aromatic rings. The van der Waals surface area contributed by atoms with Crippen molar-refractivity contribution >= 4 is 23.3 Å². The fraction of sp³-hybridized carbons (Fsp3) is 0.500. The van der Waals surface area contributed by atoms with Crippen LogP contribution in [0.4, 0.5) is 5.69 Å². The van der Waals surface area contributed by atoms with Crippen LogP contribution in [-0.2, 0) is 9.53 Å². The van der Waals surface area contributed by atoms with Crippen molar-refractivity contribution in [3.05, 3.63) is 29.3 Å². The van der Waals surface area contributed by atoms with Gasteiger partial charge in [-0.05, 0) is 45.0 Å². The number of hydrogen-bond donors (Lipinski definition) is 2. The van der Waals surface area contributed by atoms with Crippen LogP contribution >= 0.6 is 11.6 Å². The molecular formula is C14H19ClN2O2. The maximum absolute atomic E-state index is 12.3. The molecule has 0 bridgehead atoms. The number of anilines is 1. The van der Waals surface area contributed by atoms with Gasteiger partial charge in [0.25, 0.3) is 0 Å². The summed E-state index contributed by atoms with van der Waals surface area (Å²) in [5, 5.41) is 7.17. The molecule has 1 fully saturated rings. The standard InChI is InChI=1S/C14H19ClN2O2/c1-2-19-13(18)14(7-9-16-10-8-14)17-12-6-4-3-5-11(12)15/h3-6,16-17H,2,7-10H2,1H3. The lowest BCUT2D eigenvalue weighted by molar-refractivity contribution is -0.149. The number of halogens is 1. The third kappa shape index (κ3) is 3.19. The predicted molar refractivity (Wildman–Crippen MR) is 76.5 cm³/mol. The maximum Gasteiger partial charge on any atom is 0.331 e. The van der Waals surface area contributed by atoms with Gasteiger partial charge in [-0.15, -0.1) is 0 Å². The fourth-order valence-corrected chi connectivity index (χ4v) is 2.51. The van der Waals surface area contributed by atoms with Crippen molar-refractivity contribution in [2.24, 2.45) is 0 Å². The zero-order chi connectivity index (χ0) is 13.7. The van der Waals surface area contributed by atoms with Crippen molar-refractivity contribution in [3.63, 3.8) is 0 Å². The van der Waals surface area contributed by atoms with Gasteiger partial charge >= 0.3 is 5.97 Å². The molecule has 5 heteroatoms. The first kappa shape index (κ1) is 14.2. The Kier molecular flexibility index (Phi) is 4.66. The third-order valence-corrected chi connectivity index (χ3v) is 3.70. The van der Waals surface area contributed by atoms with Gasteiger partial charge in [0, 0.05) is 0 Å². The van der Waals surface area contributed by atoms with E-state index >= 15 is 0 Å². The molecule has 19 heavy (non-hydrogen) atoms. The molecule has 1 heterocycles. The van der Waals surface area contributed by atoms with Gasteiger partial charge in [0.15, 0.2) is 0 Å². The highest BCUT2D eigenvalue weighted by molar-refractivity contribution is 6.33. The molecule has 0 spiro atoms. The van der Waals surface area contributed by atoms with E-state index in [1.54, 1.807) is 0 Å². The van der Waals surface area contributed by atoms with Crippen molar-refractivity contribution in [1.29, 1.82) is 0 Å². The van der Waals surface area contributed by atoms with Gasteiger partial charge in [-0.1, -0.05) is 23.7 Å². The average molecular weight is 283 g/mol. The Morgan fingerprint density at radius 3 is 2.74 bits per heavy atom. The van der Waals surface area contributed by atoms with E-state index in [1.807, 2.05) is 31.2 Å². The quantitative estimate of drug-likeness (QED) is 0.833. The van der Waals surface area contributed by atoms with Crippen molar-refractivity contribution in [3.8, 4) is 0 Å². The highest BCUT2D eigenvalue weighted by atomic mass is 35.5. The van der Waals surface area contributed by atoms with Gasteiger partial charge in [0.2, 0.25) is 0 Å². The largest absolute Gasteiger partial charge is 0.464 e. The lowest BCUT2D eigenvalue weighted by Gasteiger charge is -2.37. The zero-order valence-corrected chi connectivity index (χ0v) is 11.8. The first-order valence-corrected chi connectivity index (χ1v) is 6.96. The minimum Gasteiger partial charge on any atom is -0.464 e. The Labute approximate surface area is 118 Å². The SMILES string of the molecule is CCOC(=O)C1(Nc2ccccc2Cl)CCNCC1. The van der Waals surface area contributed by atoms with Gasteiger partial charge in [0.05, 0.1) is 17.3 Å². The summed E-state index contributed by atoms with van der Waals surface area (Å²) in [7, 11) is 0. The Morgan fingerprint density at radius 2 is 2.11 bits per heavy atom. The molecule has 0 radical (unpaired) electrons. The highest BCUT2D eigenvalue weighted by Gasteiger charge is 2.41. The molecular weight excluding hydrogens is 264 g/mol. The molecule has 0 atom stereocenters. The number of carbonyl (C=O) groups excluding carboxylic acids is 1. The Balaban J connectivity index is 2.23. The number of nitrogens with one attached hydrogen (secondary N) is 2. The van der Waals surface area contributed by atoms with Crippen LogP contribution in [0.5, 0.6) is 0 Å². The zero-order valence-electron chi connectivity index (χ0n) is 11.0. The first-order chi connectivity index (χ1) is 9.18. The van der Waals surface area contributed by atoms with E-state index in [0.29, 0.717) is 24.5 Å². The van der Waals surface area contributed by atoms with E-state index < -0.39 is 5.54 Å². The summed E-state index contributed by atoms with van der Waals surface area (Å²) in [6.07, 6.45) is 1.38. The molecule has 1 aromatic carbocycles. The maximum atomic E-state index is 12.3. The second kappa shape index (κ2) is 6.26. The Bertz CT molecular complexity index is 445. The lowest BCUT2D eigenvalue weighted by atomic mass is 9.88. The fourth-order valence-electron chi connectivity index (χ4n) is 2.32. The van der Waals surface area contributed by atoms with Crippen LogP contribution in [0.25, 0.3) is 0 Å². The van der Waals surface area contributed by atoms with Crippen LogP contribution in [0.1, 0.15) is 19.8 Å². The monoisotopic (exact) mass is 282 g/mol. The van der Waals surface area contributed by atoms with Crippen molar-refractivity contribution in [2.75, 3.05) is 25.0 Å².